The Morgan fingerprint density at radius 2 is 2.33 bits per heavy atom. The van der Waals surface area contributed by atoms with Crippen molar-refractivity contribution in [1.29, 1.82) is 0 Å². The summed E-state index contributed by atoms with van der Waals surface area (Å²) in [6.45, 7) is 9.50. The van der Waals surface area contributed by atoms with E-state index in [4.69, 9.17) is 0 Å². The molecule has 2 heterocycles. The van der Waals surface area contributed by atoms with Crippen LogP contribution in [0.5, 0.6) is 0 Å². The second-order valence-electron chi connectivity index (χ2n) is 5.97. The Morgan fingerprint density at radius 1 is 1.50 bits per heavy atom. The number of piperidine rings is 1. The fourth-order valence-electron chi connectivity index (χ4n) is 3.05. The second kappa shape index (κ2) is 6.02. The Morgan fingerprint density at radius 3 is 2.94 bits per heavy atom. The molecule has 2 N–H and O–H groups in total. The van der Waals surface area contributed by atoms with Crippen molar-refractivity contribution in [2.75, 3.05) is 32.7 Å². The molecule has 0 saturated carbocycles. The lowest BCUT2D eigenvalue weighted by Gasteiger charge is -2.33. The maximum atomic E-state index is 12.2. The lowest BCUT2D eigenvalue weighted by molar-refractivity contribution is -0.128. The van der Waals surface area contributed by atoms with Crippen molar-refractivity contribution in [3.63, 3.8) is 0 Å². The molecule has 1 amide bonds. The van der Waals surface area contributed by atoms with E-state index < -0.39 is 0 Å². The standard InChI is InChI=1S/C14H27N3O/c1-3-17-9-6-12(11-17)10-15-13(18)14(2)7-4-5-8-16-14/h12,16H,3-11H2,1-2H3,(H,15,18). The van der Waals surface area contributed by atoms with Gasteiger partial charge in [0.05, 0.1) is 5.54 Å². The number of carbonyl (C=O) groups is 1. The average Bonchev–Trinajstić information content (AvgIpc) is 2.84. The molecule has 0 aliphatic carbocycles. The average molecular weight is 253 g/mol. The van der Waals surface area contributed by atoms with Gasteiger partial charge in [0.15, 0.2) is 0 Å². The fraction of sp³-hybridized carbons (Fsp3) is 0.929. The summed E-state index contributed by atoms with van der Waals surface area (Å²) in [6, 6.07) is 0. The molecule has 2 aliphatic rings. The number of hydrogen-bond donors (Lipinski definition) is 2. The van der Waals surface area contributed by atoms with Gasteiger partial charge in [-0.25, -0.2) is 0 Å². The zero-order valence-electron chi connectivity index (χ0n) is 11.8. The maximum absolute atomic E-state index is 12.2. The molecule has 18 heavy (non-hydrogen) atoms. The molecule has 4 nitrogen and oxygen atoms in total. The summed E-state index contributed by atoms with van der Waals surface area (Å²) < 4.78 is 0. The number of rotatable bonds is 4. The highest BCUT2D eigenvalue weighted by atomic mass is 16.2. The van der Waals surface area contributed by atoms with Crippen LogP contribution < -0.4 is 10.6 Å². The van der Waals surface area contributed by atoms with Gasteiger partial charge in [-0.3, -0.25) is 4.79 Å². The van der Waals surface area contributed by atoms with Crippen LogP contribution in [-0.4, -0.2) is 49.1 Å². The molecular formula is C14H27N3O. The minimum absolute atomic E-state index is 0.192. The lowest BCUT2D eigenvalue weighted by Crippen LogP contribution is -2.57. The van der Waals surface area contributed by atoms with Gasteiger partial charge in [0.2, 0.25) is 5.91 Å². The van der Waals surface area contributed by atoms with Gasteiger partial charge in [-0.2, -0.15) is 0 Å². The van der Waals surface area contributed by atoms with Crippen LogP contribution in [0, 0.1) is 5.92 Å². The van der Waals surface area contributed by atoms with E-state index in [2.05, 4.69) is 22.5 Å². The van der Waals surface area contributed by atoms with Crippen LogP contribution in [-0.2, 0) is 4.79 Å². The lowest BCUT2D eigenvalue weighted by atomic mass is 9.90. The molecule has 2 rings (SSSR count). The van der Waals surface area contributed by atoms with Crippen molar-refractivity contribution in [3.05, 3.63) is 0 Å². The van der Waals surface area contributed by atoms with Crippen LogP contribution in [0.3, 0.4) is 0 Å². The number of amides is 1. The van der Waals surface area contributed by atoms with E-state index in [1.807, 2.05) is 6.92 Å². The van der Waals surface area contributed by atoms with E-state index >= 15 is 0 Å². The molecule has 0 spiro atoms. The molecule has 0 radical (unpaired) electrons. The largest absolute Gasteiger partial charge is 0.354 e. The van der Waals surface area contributed by atoms with Crippen molar-refractivity contribution in [2.24, 2.45) is 5.92 Å². The summed E-state index contributed by atoms with van der Waals surface area (Å²) in [4.78, 5) is 14.7. The fourth-order valence-corrected chi connectivity index (χ4v) is 3.05. The van der Waals surface area contributed by atoms with Crippen molar-refractivity contribution in [1.82, 2.24) is 15.5 Å². The Hall–Kier alpha value is -0.610. The number of nitrogens with one attached hydrogen (secondary N) is 2. The van der Waals surface area contributed by atoms with Crippen LogP contribution in [0.15, 0.2) is 0 Å². The van der Waals surface area contributed by atoms with Crippen LogP contribution in [0.2, 0.25) is 0 Å². The zero-order valence-corrected chi connectivity index (χ0v) is 11.8. The van der Waals surface area contributed by atoms with Gasteiger partial charge in [0.25, 0.3) is 0 Å². The predicted molar refractivity (Wildman–Crippen MR) is 73.5 cm³/mol. The second-order valence-corrected chi connectivity index (χ2v) is 5.97. The molecule has 0 aromatic carbocycles. The Bertz CT molecular complexity index is 287. The molecule has 0 bridgehead atoms. The molecule has 0 aromatic heterocycles. The van der Waals surface area contributed by atoms with Crippen molar-refractivity contribution in [3.8, 4) is 0 Å². The topological polar surface area (TPSA) is 44.4 Å². The number of hydrogen-bond acceptors (Lipinski definition) is 3. The monoisotopic (exact) mass is 253 g/mol. The molecule has 104 valence electrons. The smallest absolute Gasteiger partial charge is 0.240 e. The highest BCUT2D eigenvalue weighted by Crippen LogP contribution is 2.19. The van der Waals surface area contributed by atoms with Crippen molar-refractivity contribution < 1.29 is 4.79 Å². The molecule has 2 saturated heterocycles. The first kappa shape index (κ1) is 13.8. The van der Waals surface area contributed by atoms with Crippen LogP contribution in [0.25, 0.3) is 0 Å². The first-order chi connectivity index (χ1) is 8.64. The quantitative estimate of drug-likeness (QED) is 0.785. The zero-order chi connectivity index (χ0) is 13.0. The van der Waals surface area contributed by atoms with Gasteiger partial charge in [-0.05, 0) is 58.2 Å². The first-order valence-corrected chi connectivity index (χ1v) is 7.40. The van der Waals surface area contributed by atoms with Gasteiger partial charge in [-0.15, -0.1) is 0 Å². The Kier molecular flexibility index (Phi) is 4.62. The van der Waals surface area contributed by atoms with E-state index in [0.29, 0.717) is 5.92 Å². The molecule has 2 atom stereocenters. The molecular weight excluding hydrogens is 226 g/mol. The summed E-state index contributed by atoms with van der Waals surface area (Å²) >= 11 is 0. The van der Waals surface area contributed by atoms with E-state index in [9.17, 15) is 4.79 Å². The summed E-state index contributed by atoms with van der Waals surface area (Å²) in [7, 11) is 0. The molecule has 2 fully saturated rings. The third-order valence-corrected chi connectivity index (χ3v) is 4.49. The van der Waals surface area contributed by atoms with Crippen molar-refractivity contribution >= 4 is 5.91 Å². The van der Waals surface area contributed by atoms with Crippen molar-refractivity contribution in [2.45, 2.75) is 45.1 Å². The van der Waals surface area contributed by atoms with E-state index in [-0.39, 0.29) is 11.4 Å². The first-order valence-electron chi connectivity index (χ1n) is 7.40. The SMILES string of the molecule is CCN1CCC(CNC(=O)C2(C)CCCCN2)C1. The predicted octanol–water partition coefficient (Wildman–Crippen LogP) is 0.977. The van der Waals surface area contributed by atoms with E-state index in [1.165, 1.54) is 19.4 Å². The normalized spacial score (nSPS) is 33.6. The van der Waals surface area contributed by atoms with E-state index in [1.54, 1.807) is 0 Å². The summed E-state index contributed by atoms with van der Waals surface area (Å²) in [6.07, 6.45) is 4.53. The van der Waals surface area contributed by atoms with Crippen LogP contribution in [0.4, 0.5) is 0 Å². The third kappa shape index (κ3) is 3.23. The minimum Gasteiger partial charge on any atom is -0.354 e. The highest BCUT2D eigenvalue weighted by Gasteiger charge is 2.34. The Balaban J connectivity index is 1.74. The summed E-state index contributed by atoms with van der Waals surface area (Å²) in [5.41, 5.74) is -0.332. The highest BCUT2D eigenvalue weighted by molar-refractivity contribution is 5.85. The third-order valence-electron chi connectivity index (χ3n) is 4.49. The number of likely N-dealkylation sites (tertiary alicyclic amines) is 1. The van der Waals surface area contributed by atoms with Gasteiger partial charge in [-0.1, -0.05) is 6.92 Å². The summed E-state index contributed by atoms with van der Waals surface area (Å²) in [5, 5.41) is 6.52. The minimum atomic E-state index is -0.332. The maximum Gasteiger partial charge on any atom is 0.240 e. The van der Waals surface area contributed by atoms with Crippen LogP contribution in [0.1, 0.15) is 39.5 Å². The van der Waals surface area contributed by atoms with Gasteiger partial charge in [0, 0.05) is 13.1 Å². The van der Waals surface area contributed by atoms with Gasteiger partial charge >= 0.3 is 0 Å². The van der Waals surface area contributed by atoms with Gasteiger partial charge in [0.1, 0.15) is 0 Å². The molecule has 0 aromatic rings. The Labute approximate surface area is 110 Å². The van der Waals surface area contributed by atoms with Crippen LogP contribution >= 0.6 is 0 Å². The number of nitrogens with zero attached hydrogens (tertiary/aromatic N) is 1. The number of carbonyl (C=O) groups excluding carboxylic acids is 1. The van der Waals surface area contributed by atoms with Gasteiger partial charge < -0.3 is 15.5 Å². The molecule has 2 unspecified atom stereocenters. The molecule has 4 heteroatoms. The van der Waals surface area contributed by atoms with E-state index in [0.717, 1.165) is 39.0 Å². The summed E-state index contributed by atoms with van der Waals surface area (Å²) in [5.74, 6) is 0.832. The molecule has 2 aliphatic heterocycles.